The minimum absolute atomic E-state index is 0.541. The highest BCUT2D eigenvalue weighted by atomic mass is 32.1. The van der Waals surface area contributed by atoms with E-state index < -0.39 is 0 Å². The third kappa shape index (κ3) is 1.80. The van der Waals surface area contributed by atoms with Crippen molar-refractivity contribution in [1.29, 1.82) is 0 Å². The second kappa shape index (κ2) is 3.34. The van der Waals surface area contributed by atoms with Crippen LogP contribution < -0.4 is 10.5 Å². The molecule has 2 nitrogen and oxygen atoms in total. The van der Waals surface area contributed by atoms with Crippen molar-refractivity contribution in [3.63, 3.8) is 0 Å². The number of fused-ring (bicyclic) bond motifs is 1. The number of hydrogen-bond acceptors (Lipinski definition) is 2. The Morgan fingerprint density at radius 2 is 2.38 bits per heavy atom. The molecule has 0 amide bonds. The van der Waals surface area contributed by atoms with Gasteiger partial charge >= 0.3 is 0 Å². The van der Waals surface area contributed by atoms with Gasteiger partial charge in [-0.3, -0.25) is 0 Å². The van der Waals surface area contributed by atoms with Crippen LogP contribution in [0.4, 0.5) is 0 Å². The van der Waals surface area contributed by atoms with E-state index in [9.17, 15) is 0 Å². The molecule has 0 unspecified atom stereocenters. The quantitative estimate of drug-likeness (QED) is 0.722. The number of ether oxygens (including phenoxy) is 1. The molecule has 1 heterocycles. The summed E-state index contributed by atoms with van der Waals surface area (Å²) in [7, 11) is 0. The standard InChI is InChI=1S/C10H11NOS/c11-10(13)6-7-1-2-9-8(5-7)3-4-12-9/h1-2,5H,3-4,6H2,(H2,11,13). The van der Waals surface area contributed by atoms with Gasteiger partial charge in [-0.1, -0.05) is 24.4 Å². The number of hydrogen-bond donors (Lipinski definition) is 1. The molecule has 1 aliphatic rings. The Labute approximate surface area is 82.7 Å². The Hall–Kier alpha value is -1.09. The molecule has 1 aromatic rings. The summed E-state index contributed by atoms with van der Waals surface area (Å²) in [5, 5.41) is 0. The van der Waals surface area contributed by atoms with Crippen LogP contribution in [-0.2, 0) is 12.8 Å². The molecule has 0 saturated carbocycles. The van der Waals surface area contributed by atoms with Gasteiger partial charge in [0.2, 0.25) is 0 Å². The Morgan fingerprint density at radius 1 is 1.54 bits per heavy atom. The van der Waals surface area contributed by atoms with Crippen LogP contribution in [0.25, 0.3) is 0 Å². The van der Waals surface area contributed by atoms with Gasteiger partial charge in [-0.25, -0.2) is 0 Å². The summed E-state index contributed by atoms with van der Waals surface area (Å²) < 4.78 is 5.39. The molecule has 0 spiro atoms. The molecule has 2 rings (SSSR count). The normalized spacial score (nSPS) is 13.5. The fraction of sp³-hybridized carbons (Fsp3) is 0.300. The number of nitrogens with two attached hydrogens (primary N) is 1. The Morgan fingerprint density at radius 3 is 3.15 bits per heavy atom. The molecule has 0 bridgehead atoms. The molecule has 13 heavy (non-hydrogen) atoms. The minimum Gasteiger partial charge on any atom is -0.493 e. The molecule has 1 aliphatic heterocycles. The van der Waals surface area contributed by atoms with Crippen molar-refractivity contribution in [2.45, 2.75) is 12.8 Å². The van der Waals surface area contributed by atoms with Crippen molar-refractivity contribution < 1.29 is 4.74 Å². The van der Waals surface area contributed by atoms with E-state index in [4.69, 9.17) is 22.7 Å². The lowest BCUT2D eigenvalue weighted by Gasteiger charge is -2.02. The summed E-state index contributed by atoms with van der Waals surface area (Å²) >= 11 is 4.85. The molecule has 0 atom stereocenters. The van der Waals surface area contributed by atoms with Gasteiger partial charge in [0.1, 0.15) is 5.75 Å². The Balaban J connectivity index is 2.25. The molecule has 3 heteroatoms. The van der Waals surface area contributed by atoms with Crippen LogP contribution in [0.3, 0.4) is 0 Å². The second-order valence-corrected chi connectivity index (χ2v) is 3.71. The van der Waals surface area contributed by atoms with Crippen LogP contribution in [0.5, 0.6) is 5.75 Å². The summed E-state index contributed by atoms with van der Waals surface area (Å²) in [6.07, 6.45) is 1.68. The highest BCUT2D eigenvalue weighted by Crippen LogP contribution is 2.25. The molecule has 2 N–H and O–H groups in total. The predicted molar refractivity (Wildman–Crippen MR) is 56.1 cm³/mol. The van der Waals surface area contributed by atoms with Gasteiger partial charge in [0, 0.05) is 12.8 Å². The zero-order valence-electron chi connectivity index (χ0n) is 7.25. The van der Waals surface area contributed by atoms with Gasteiger partial charge < -0.3 is 10.5 Å². The van der Waals surface area contributed by atoms with Crippen molar-refractivity contribution in [2.75, 3.05) is 6.61 Å². The van der Waals surface area contributed by atoms with Crippen molar-refractivity contribution in [3.8, 4) is 5.75 Å². The van der Waals surface area contributed by atoms with Crippen molar-refractivity contribution in [3.05, 3.63) is 29.3 Å². The topological polar surface area (TPSA) is 35.2 Å². The van der Waals surface area contributed by atoms with Gasteiger partial charge in [-0.05, 0) is 17.2 Å². The van der Waals surface area contributed by atoms with Gasteiger partial charge in [0.25, 0.3) is 0 Å². The van der Waals surface area contributed by atoms with E-state index in [1.807, 2.05) is 12.1 Å². The lowest BCUT2D eigenvalue weighted by atomic mass is 10.1. The lowest BCUT2D eigenvalue weighted by molar-refractivity contribution is 0.357. The molecule has 0 radical (unpaired) electrons. The van der Waals surface area contributed by atoms with Crippen molar-refractivity contribution in [1.82, 2.24) is 0 Å². The molecule has 0 aliphatic carbocycles. The lowest BCUT2D eigenvalue weighted by Crippen LogP contribution is -2.10. The average Bonchev–Trinajstić information content (AvgIpc) is 2.49. The van der Waals surface area contributed by atoms with Crippen LogP contribution in [0, 0.1) is 0 Å². The first kappa shape index (κ1) is 8.51. The number of benzene rings is 1. The van der Waals surface area contributed by atoms with Gasteiger partial charge in [0.05, 0.1) is 11.6 Å². The molecular weight excluding hydrogens is 182 g/mol. The van der Waals surface area contributed by atoms with Gasteiger partial charge in [0.15, 0.2) is 0 Å². The Bertz CT molecular complexity index is 349. The van der Waals surface area contributed by atoms with E-state index in [0.29, 0.717) is 11.4 Å². The summed E-state index contributed by atoms with van der Waals surface area (Å²) in [6.45, 7) is 0.797. The first-order chi connectivity index (χ1) is 6.25. The predicted octanol–water partition coefficient (Wildman–Crippen LogP) is 1.45. The number of rotatable bonds is 2. The summed E-state index contributed by atoms with van der Waals surface area (Å²) in [6, 6.07) is 6.14. The van der Waals surface area contributed by atoms with Crippen molar-refractivity contribution in [2.24, 2.45) is 5.73 Å². The van der Waals surface area contributed by atoms with E-state index in [0.717, 1.165) is 18.8 Å². The summed E-state index contributed by atoms with van der Waals surface area (Å²) in [4.78, 5) is 0.541. The Kier molecular flexibility index (Phi) is 2.19. The van der Waals surface area contributed by atoms with E-state index in [1.54, 1.807) is 0 Å². The summed E-state index contributed by atoms with van der Waals surface area (Å²) in [5.41, 5.74) is 7.92. The van der Waals surface area contributed by atoms with Gasteiger partial charge in [-0.15, -0.1) is 0 Å². The van der Waals surface area contributed by atoms with Crippen LogP contribution in [0.1, 0.15) is 11.1 Å². The van der Waals surface area contributed by atoms with Crippen LogP contribution in [-0.4, -0.2) is 11.6 Å². The molecule has 0 saturated heterocycles. The smallest absolute Gasteiger partial charge is 0.122 e. The van der Waals surface area contributed by atoms with Crippen LogP contribution in [0.2, 0.25) is 0 Å². The maximum absolute atomic E-state index is 5.47. The van der Waals surface area contributed by atoms with E-state index >= 15 is 0 Å². The fourth-order valence-corrected chi connectivity index (χ4v) is 1.72. The van der Waals surface area contributed by atoms with Crippen molar-refractivity contribution >= 4 is 17.2 Å². The fourth-order valence-electron chi connectivity index (χ4n) is 1.55. The second-order valence-electron chi connectivity index (χ2n) is 3.18. The van der Waals surface area contributed by atoms with E-state index in [2.05, 4.69) is 6.07 Å². The average molecular weight is 193 g/mol. The maximum atomic E-state index is 5.47. The molecular formula is C10H11NOS. The largest absolute Gasteiger partial charge is 0.493 e. The minimum atomic E-state index is 0.541. The zero-order chi connectivity index (χ0) is 9.26. The molecule has 1 aromatic carbocycles. The van der Waals surface area contributed by atoms with Crippen LogP contribution in [0.15, 0.2) is 18.2 Å². The monoisotopic (exact) mass is 193 g/mol. The van der Waals surface area contributed by atoms with E-state index in [-0.39, 0.29) is 0 Å². The third-order valence-corrected chi connectivity index (χ3v) is 2.28. The highest BCUT2D eigenvalue weighted by molar-refractivity contribution is 7.80. The SMILES string of the molecule is NC(=S)Cc1ccc2c(c1)CCO2. The first-order valence-corrected chi connectivity index (χ1v) is 4.69. The first-order valence-electron chi connectivity index (χ1n) is 4.28. The van der Waals surface area contributed by atoms with Gasteiger partial charge in [-0.2, -0.15) is 0 Å². The van der Waals surface area contributed by atoms with E-state index in [1.165, 1.54) is 11.1 Å². The van der Waals surface area contributed by atoms with Crippen LogP contribution >= 0.6 is 12.2 Å². The molecule has 0 aromatic heterocycles. The molecule has 68 valence electrons. The maximum Gasteiger partial charge on any atom is 0.122 e. The number of thiocarbonyl (C=S) groups is 1. The summed E-state index contributed by atoms with van der Waals surface area (Å²) in [5.74, 6) is 1.01. The molecule has 0 fully saturated rings. The third-order valence-electron chi connectivity index (χ3n) is 2.13. The zero-order valence-corrected chi connectivity index (χ0v) is 8.06. The highest BCUT2D eigenvalue weighted by Gasteiger charge is 2.11.